The molecule has 0 saturated carbocycles. The highest BCUT2D eigenvalue weighted by Gasteiger charge is 2.30. The number of carbonyl (C=O) groups excluding carboxylic acids is 1. The van der Waals surface area contributed by atoms with Crippen molar-refractivity contribution in [3.8, 4) is 0 Å². The second-order valence-corrected chi connectivity index (χ2v) is 4.76. The molecule has 0 spiro atoms. The van der Waals surface area contributed by atoms with Gasteiger partial charge in [0, 0.05) is 7.05 Å². The SMILES string of the molecule is CN(C(=O)[C@H](N)c1ccccc1)C(C)(C)CO. The maximum absolute atomic E-state index is 12.1. The number of benzene rings is 1. The Kier molecular flexibility index (Phi) is 4.26. The van der Waals surface area contributed by atoms with Crippen molar-refractivity contribution < 1.29 is 9.90 Å². The van der Waals surface area contributed by atoms with Crippen LogP contribution in [0, 0.1) is 0 Å². The quantitative estimate of drug-likeness (QED) is 0.816. The van der Waals surface area contributed by atoms with Crippen LogP contribution in [0.4, 0.5) is 0 Å². The maximum atomic E-state index is 12.1. The predicted molar refractivity (Wildman–Crippen MR) is 67.3 cm³/mol. The molecule has 3 N–H and O–H groups in total. The molecule has 4 nitrogen and oxygen atoms in total. The van der Waals surface area contributed by atoms with Crippen LogP contribution < -0.4 is 5.73 Å². The van der Waals surface area contributed by atoms with Crippen molar-refractivity contribution in [2.75, 3.05) is 13.7 Å². The van der Waals surface area contributed by atoms with Gasteiger partial charge in [-0.15, -0.1) is 0 Å². The summed E-state index contributed by atoms with van der Waals surface area (Å²) in [6.07, 6.45) is 0. The molecule has 0 bridgehead atoms. The lowest BCUT2D eigenvalue weighted by Crippen LogP contribution is -2.50. The zero-order chi connectivity index (χ0) is 13.1. The number of likely N-dealkylation sites (N-methyl/N-ethyl adjacent to an activating group) is 1. The molecule has 0 saturated heterocycles. The number of nitrogens with zero attached hydrogens (tertiary/aromatic N) is 1. The summed E-state index contributed by atoms with van der Waals surface area (Å²) >= 11 is 0. The highest BCUT2D eigenvalue weighted by molar-refractivity contribution is 5.83. The summed E-state index contributed by atoms with van der Waals surface area (Å²) in [6.45, 7) is 3.49. The van der Waals surface area contributed by atoms with E-state index in [2.05, 4.69) is 0 Å². The van der Waals surface area contributed by atoms with Gasteiger partial charge in [0.05, 0.1) is 12.1 Å². The fraction of sp³-hybridized carbons (Fsp3) is 0.462. The summed E-state index contributed by atoms with van der Waals surface area (Å²) in [5, 5.41) is 9.23. The Morgan fingerprint density at radius 2 is 1.94 bits per heavy atom. The Labute approximate surface area is 102 Å². The molecule has 4 heteroatoms. The molecule has 0 aliphatic heterocycles. The van der Waals surface area contributed by atoms with Crippen LogP contribution in [0.25, 0.3) is 0 Å². The number of hydrogen-bond donors (Lipinski definition) is 2. The van der Waals surface area contributed by atoms with E-state index in [1.807, 2.05) is 30.3 Å². The largest absolute Gasteiger partial charge is 0.394 e. The van der Waals surface area contributed by atoms with Gasteiger partial charge in [-0.2, -0.15) is 0 Å². The lowest BCUT2D eigenvalue weighted by Gasteiger charge is -2.35. The van der Waals surface area contributed by atoms with E-state index in [9.17, 15) is 9.90 Å². The molecule has 1 atom stereocenters. The molecule has 0 aliphatic rings. The number of amides is 1. The van der Waals surface area contributed by atoms with Gasteiger partial charge in [-0.25, -0.2) is 0 Å². The summed E-state index contributed by atoms with van der Waals surface area (Å²) in [7, 11) is 1.65. The Morgan fingerprint density at radius 1 is 1.41 bits per heavy atom. The summed E-state index contributed by atoms with van der Waals surface area (Å²) in [4.78, 5) is 13.6. The number of hydrogen-bond acceptors (Lipinski definition) is 3. The van der Waals surface area contributed by atoms with Crippen LogP contribution in [-0.4, -0.2) is 35.1 Å². The van der Waals surface area contributed by atoms with Crippen LogP contribution in [0.5, 0.6) is 0 Å². The highest BCUT2D eigenvalue weighted by Crippen LogP contribution is 2.18. The standard InChI is InChI=1S/C13H20N2O2/c1-13(2,9-16)15(3)12(17)11(14)10-7-5-4-6-8-10/h4-8,11,16H,9,14H2,1-3H3/t11-/m1/s1. The minimum absolute atomic E-state index is 0.100. The molecule has 0 radical (unpaired) electrons. The Hall–Kier alpha value is -1.39. The van der Waals surface area contributed by atoms with E-state index < -0.39 is 11.6 Å². The molecule has 94 valence electrons. The van der Waals surface area contributed by atoms with Crippen molar-refractivity contribution in [3.05, 3.63) is 35.9 Å². The fourth-order valence-corrected chi connectivity index (χ4v) is 1.42. The third-order valence-electron chi connectivity index (χ3n) is 3.05. The number of aliphatic hydroxyl groups excluding tert-OH is 1. The topological polar surface area (TPSA) is 66.6 Å². The average molecular weight is 236 g/mol. The third-order valence-corrected chi connectivity index (χ3v) is 3.05. The van der Waals surface area contributed by atoms with Crippen LogP contribution in [-0.2, 0) is 4.79 Å². The molecule has 1 aromatic rings. The number of rotatable bonds is 4. The maximum Gasteiger partial charge on any atom is 0.244 e. The van der Waals surface area contributed by atoms with Gasteiger partial charge in [-0.05, 0) is 19.4 Å². The monoisotopic (exact) mass is 236 g/mol. The van der Waals surface area contributed by atoms with Gasteiger partial charge >= 0.3 is 0 Å². The van der Waals surface area contributed by atoms with Gasteiger partial charge in [-0.1, -0.05) is 30.3 Å². The minimum atomic E-state index is -0.688. The van der Waals surface area contributed by atoms with E-state index in [1.54, 1.807) is 20.9 Å². The Bertz CT molecular complexity index is 376. The molecule has 0 heterocycles. The fourth-order valence-electron chi connectivity index (χ4n) is 1.42. The lowest BCUT2D eigenvalue weighted by atomic mass is 10.0. The van der Waals surface area contributed by atoms with E-state index in [4.69, 9.17) is 5.73 Å². The first-order valence-electron chi connectivity index (χ1n) is 5.59. The number of nitrogens with two attached hydrogens (primary N) is 1. The van der Waals surface area contributed by atoms with Gasteiger partial charge in [0.2, 0.25) is 5.91 Å². The van der Waals surface area contributed by atoms with Crippen LogP contribution in [0.15, 0.2) is 30.3 Å². The molecule has 1 rings (SSSR count). The summed E-state index contributed by atoms with van der Waals surface area (Å²) < 4.78 is 0. The van der Waals surface area contributed by atoms with Crippen molar-refractivity contribution >= 4 is 5.91 Å². The molecule has 0 unspecified atom stereocenters. The Balaban J connectivity index is 2.84. The van der Waals surface area contributed by atoms with Crippen molar-refractivity contribution in [1.29, 1.82) is 0 Å². The van der Waals surface area contributed by atoms with Crippen LogP contribution in [0.3, 0.4) is 0 Å². The van der Waals surface area contributed by atoms with Crippen LogP contribution in [0.1, 0.15) is 25.5 Å². The molecular formula is C13H20N2O2. The average Bonchev–Trinajstić information content (AvgIpc) is 2.37. The summed E-state index contributed by atoms with van der Waals surface area (Å²) in [5.74, 6) is -0.199. The second kappa shape index (κ2) is 5.29. The van der Waals surface area contributed by atoms with E-state index >= 15 is 0 Å². The molecule has 1 amide bonds. The minimum Gasteiger partial charge on any atom is -0.394 e. The van der Waals surface area contributed by atoms with E-state index in [0.717, 1.165) is 5.56 Å². The van der Waals surface area contributed by atoms with E-state index in [-0.39, 0.29) is 12.5 Å². The van der Waals surface area contributed by atoms with Gasteiger partial charge in [0.15, 0.2) is 0 Å². The van der Waals surface area contributed by atoms with Gasteiger partial charge in [0.1, 0.15) is 6.04 Å². The van der Waals surface area contributed by atoms with Gasteiger partial charge < -0.3 is 15.7 Å². The van der Waals surface area contributed by atoms with Crippen LogP contribution in [0.2, 0.25) is 0 Å². The third kappa shape index (κ3) is 3.05. The Morgan fingerprint density at radius 3 is 2.41 bits per heavy atom. The lowest BCUT2D eigenvalue weighted by molar-refractivity contribution is -0.137. The highest BCUT2D eigenvalue weighted by atomic mass is 16.3. The first-order valence-corrected chi connectivity index (χ1v) is 5.59. The first-order chi connectivity index (χ1) is 7.90. The summed E-state index contributed by atoms with van der Waals surface area (Å²) in [6, 6.07) is 8.53. The van der Waals surface area contributed by atoms with Crippen molar-refractivity contribution in [1.82, 2.24) is 4.90 Å². The number of aliphatic hydroxyl groups is 1. The molecule has 0 aromatic heterocycles. The predicted octanol–water partition coefficient (Wildman–Crippen LogP) is 0.916. The van der Waals surface area contributed by atoms with Crippen molar-refractivity contribution in [2.45, 2.75) is 25.4 Å². The normalized spacial score (nSPS) is 13.2. The zero-order valence-electron chi connectivity index (χ0n) is 10.6. The van der Waals surface area contributed by atoms with Gasteiger partial charge in [0.25, 0.3) is 0 Å². The first kappa shape index (κ1) is 13.7. The second-order valence-electron chi connectivity index (χ2n) is 4.76. The van der Waals surface area contributed by atoms with Crippen molar-refractivity contribution in [2.24, 2.45) is 5.73 Å². The smallest absolute Gasteiger partial charge is 0.244 e. The zero-order valence-corrected chi connectivity index (χ0v) is 10.6. The van der Waals surface area contributed by atoms with Gasteiger partial charge in [-0.3, -0.25) is 4.79 Å². The molecule has 17 heavy (non-hydrogen) atoms. The van der Waals surface area contributed by atoms with E-state index in [1.165, 1.54) is 4.90 Å². The molecule has 0 aliphatic carbocycles. The van der Waals surface area contributed by atoms with E-state index in [0.29, 0.717) is 0 Å². The molecular weight excluding hydrogens is 216 g/mol. The summed E-state index contributed by atoms with van der Waals surface area (Å²) in [5.41, 5.74) is 6.09. The molecule has 0 fully saturated rings. The molecule has 1 aromatic carbocycles. The number of carbonyl (C=O) groups is 1. The van der Waals surface area contributed by atoms with Crippen molar-refractivity contribution in [3.63, 3.8) is 0 Å². The van der Waals surface area contributed by atoms with Crippen LogP contribution >= 0.6 is 0 Å².